The molecular weight excluding hydrogens is 418 g/mol. The number of phenols is 1. The van der Waals surface area contributed by atoms with Crippen molar-refractivity contribution in [3.8, 4) is 5.75 Å². The molecule has 8 nitrogen and oxygen atoms in total. The van der Waals surface area contributed by atoms with Crippen LogP contribution in [0, 0.1) is 12.8 Å². The van der Waals surface area contributed by atoms with E-state index in [2.05, 4.69) is 5.32 Å². The first-order chi connectivity index (χ1) is 14.7. The molecule has 1 unspecified atom stereocenters. The normalized spacial score (nSPS) is 16.7. The summed E-state index contributed by atoms with van der Waals surface area (Å²) >= 11 is 0. The fourth-order valence-corrected chi connectivity index (χ4v) is 5.07. The number of carbonyl (C=O) groups excluding carboxylic acids is 2. The summed E-state index contributed by atoms with van der Waals surface area (Å²) in [4.78, 5) is 26.8. The molecule has 31 heavy (non-hydrogen) atoms. The van der Waals surface area contributed by atoms with E-state index >= 15 is 0 Å². The maximum atomic E-state index is 12.8. The van der Waals surface area contributed by atoms with Crippen molar-refractivity contribution in [3.63, 3.8) is 0 Å². The molecule has 9 heteroatoms. The van der Waals surface area contributed by atoms with Gasteiger partial charge in [0.15, 0.2) is 0 Å². The summed E-state index contributed by atoms with van der Waals surface area (Å²) in [6.45, 7) is 6.25. The maximum Gasteiger partial charge on any atom is 0.243 e. The van der Waals surface area contributed by atoms with E-state index in [1.807, 2.05) is 31.2 Å². The van der Waals surface area contributed by atoms with E-state index in [4.69, 9.17) is 0 Å². The van der Waals surface area contributed by atoms with Gasteiger partial charge in [0.1, 0.15) is 5.75 Å². The van der Waals surface area contributed by atoms with Crippen molar-refractivity contribution < 1.29 is 23.1 Å². The van der Waals surface area contributed by atoms with Crippen LogP contribution in [-0.4, -0.2) is 49.3 Å². The van der Waals surface area contributed by atoms with Crippen LogP contribution in [0.3, 0.4) is 0 Å². The number of hydrogen-bond acceptors (Lipinski definition) is 5. The molecule has 1 fully saturated rings. The molecule has 1 aliphatic heterocycles. The van der Waals surface area contributed by atoms with Crippen LogP contribution >= 0.6 is 0 Å². The van der Waals surface area contributed by atoms with Crippen LogP contribution in [0.25, 0.3) is 0 Å². The summed E-state index contributed by atoms with van der Waals surface area (Å²) in [7, 11) is -3.74. The Kier molecular flexibility index (Phi) is 6.66. The highest BCUT2D eigenvalue weighted by molar-refractivity contribution is 7.89. The standard InChI is InChI=1S/C22H27N3O5S/c1-4-24(5-2)31(29,30)18-10-11-20(26)19(13-18)23-22(28)16-12-21(27)25(14-16)17-8-6-15(3)7-9-17/h6-11,13,16,26H,4-5,12,14H2,1-3H3,(H,23,28). The van der Waals surface area contributed by atoms with Gasteiger partial charge in [0, 0.05) is 31.7 Å². The number of phenolic OH excluding ortho intramolecular Hbond substituents is 1. The molecule has 2 N–H and O–H groups in total. The van der Waals surface area contributed by atoms with Crippen LogP contribution in [0.4, 0.5) is 11.4 Å². The molecule has 0 aromatic heterocycles. The lowest BCUT2D eigenvalue weighted by molar-refractivity contribution is -0.122. The number of aryl methyl sites for hydroxylation is 1. The maximum absolute atomic E-state index is 12.8. The third-order valence-electron chi connectivity index (χ3n) is 5.41. The van der Waals surface area contributed by atoms with Gasteiger partial charge >= 0.3 is 0 Å². The molecule has 2 aromatic carbocycles. The van der Waals surface area contributed by atoms with Crippen molar-refractivity contribution >= 4 is 33.2 Å². The van der Waals surface area contributed by atoms with Crippen LogP contribution in [0.15, 0.2) is 47.4 Å². The van der Waals surface area contributed by atoms with E-state index < -0.39 is 21.8 Å². The molecule has 1 heterocycles. The minimum atomic E-state index is -3.74. The Bertz CT molecular complexity index is 1080. The van der Waals surface area contributed by atoms with Gasteiger partial charge in [-0.2, -0.15) is 4.31 Å². The lowest BCUT2D eigenvalue weighted by Gasteiger charge is -2.19. The van der Waals surface area contributed by atoms with Crippen LogP contribution in [0.5, 0.6) is 5.75 Å². The second kappa shape index (κ2) is 9.07. The van der Waals surface area contributed by atoms with Gasteiger partial charge in [-0.05, 0) is 37.3 Å². The minimum absolute atomic E-state index is 0.000494. The Balaban J connectivity index is 1.78. The number of hydrogen-bond donors (Lipinski definition) is 2. The SMILES string of the molecule is CCN(CC)S(=O)(=O)c1ccc(O)c(NC(=O)C2CC(=O)N(c3ccc(C)cc3)C2)c1. The van der Waals surface area contributed by atoms with Gasteiger partial charge < -0.3 is 15.3 Å². The number of benzene rings is 2. The number of sulfonamides is 1. The second-order valence-electron chi connectivity index (χ2n) is 7.50. The highest BCUT2D eigenvalue weighted by atomic mass is 32.2. The summed E-state index contributed by atoms with van der Waals surface area (Å²) in [5.74, 6) is -1.47. The molecule has 0 bridgehead atoms. The number of nitrogens with zero attached hydrogens (tertiary/aromatic N) is 2. The van der Waals surface area contributed by atoms with Crippen LogP contribution in [0.1, 0.15) is 25.8 Å². The molecule has 166 valence electrons. The number of carbonyl (C=O) groups is 2. The van der Waals surface area contributed by atoms with E-state index in [1.165, 1.54) is 22.5 Å². The molecule has 2 aromatic rings. The number of amides is 2. The van der Waals surface area contributed by atoms with Crippen LogP contribution in [-0.2, 0) is 19.6 Å². The zero-order valence-corrected chi connectivity index (χ0v) is 18.6. The molecule has 1 saturated heterocycles. The first kappa shape index (κ1) is 22.8. The number of anilines is 2. The van der Waals surface area contributed by atoms with E-state index in [9.17, 15) is 23.1 Å². The molecule has 1 atom stereocenters. The summed E-state index contributed by atoms with van der Waals surface area (Å²) in [6.07, 6.45) is 0.0396. The first-order valence-electron chi connectivity index (χ1n) is 10.2. The summed E-state index contributed by atoms with van der Waals surface area (Å²) in [5, 5.41) is 12.7. The van der Waals surface area contributed by atoms with E-state index in [0.29, 0.717) is 13.1 Å². The van der Waals surface area contributed by atoms with Crippen LogP contribution < -0.4 is 10.2 Å². The fraction of sp³-hybridized carbons (Fsp3) is 0.364. The second-order valence-corrected chi connectivity index (χ2v) is 9.44. The van der Waals surface area contributed by atoms with Gasteiger partial charge in [-0.15, -0.1) is 0 Å². The van der Waals surface area contributed by atoms with Gasteiger partial charge in [-0.25, -0.2) is 8.42 Å². The molecule has 0 aliphatic carbocycles. The van der Waals surface area contributed by atoms with E-state index in [1.54, 1.807) is 18.7 Å². The zero-order chi connectivity index (χ0) is 22.8. The molecule has 0 saturated carbocycles. The number of aromatic hydroxyl groups is 1. The molecule has 0 radical (unpaired) electrons. The number of nitrogens with one attached hydrogen (secondary N) is 1. The highest BCUT2D eigenvalue weighted by Gasteiger charge is 2.35. The Labute approximate surface area is 182 Å². The molecule has 0 spiro atoms. The van der Waals surface area contributed by atoms with Crippen molar-refractivity contribution in [1.82, 2.24) is 4.31 Å². The summed E-state index contributed by atoms with van der Waals surface area (Å²) in [6, 6.07) is 11.3. The van der Waals surface area contributed by atoms with Crippen molar-refractivity contribution in [2.24, 2.45) is 5.92 Å². The Morgan fingerprint density at radius 3 is 2.42 bits per heavy atom. The zero-order valence-electron chi connectivity index (χ0n) is 17.8. The van der Waals surface area contributed by atoms with Crippen molar-refractivity contribution in [3.05, 3.63) is 48.0 Å². The Morgan fingerprint density at radius 1 is 1.16 bits per heavy atom. The van der Waals surface area contributed by atoms with Gasteiger partial charge in [0.25, 0.3) is 0 Å². The summed E-state index contributed by atoms with van der Waals surface area (Å²) < 4.78 is 26.8. The highest BCUT2D eigenvalue weighted by Crippen LogP contribution is 2.30. The van der Waals surface area contributed by atoms with Gasteiger partial charge in [-0.3, -0.25) is 9.59 Å². The quantitative estimate of drug-likeness (QED) is 0.638. The lowest BCUT2D eigenvalue weighted by atomic mass is 10.1. The van der Waals surface area contributed by atoms with Gasteiger partial charge in [-0.1, -0.05) is 31.5 Å². The predicted molar refractivity (Wildman–Crippen MR) is 118 cm³/mol. The van der Waals surface area contributed by atoms with Crippen molar-refractivity contribution in [1.29, 1.82) is 0 Å². The third kappa shape index (κ3) is 4.72. The molecular formula is C22H27N3O5S. The average Bonchev–Trinajstić information content (AvgIpc) is 3.12. The first-order valence-corrected chi connectivity index (χ1v) is 11.6. The van der Waals surface area contributed by atoms with E-state index in [-0.39, 0.29) is 35.2 Å². The lowest BCUT2D eigenvalue weighted by Crippen LogP contribution is -2.31. The van der Waals surface area contributed by atoms with E-state index in [0.717, 1.165) is 11.3 Å². The predicted octanol–water partition coefficient (Wildman–Crippen LogP) is 2.72. The molecule has 2 amide bonds. The van der Waals surface area contributed by atoms with Crippen molar-refractivity contribution in [2.45, 2.75) is 32.1 Å². The Hall–Kier alpha value is -2.91. The Morgan fingerprint density at radius 2 is 1.81 bits per heavy atom. The third-order valence-corrected chi connectivity index (χ3v) is 7.46. The largest absolute Gasteiger partial charge is 0.506 e. The van der Waals surface area contributed by atoms with Crippen LogP contribution in [0.2, 0.25) is 0 Å². The van der Waals surface area contributed by atoms with Gasteiger partial charge in [0.2, 0.25) is 21.8 Å². The topological polar surface area (TPSA) is 107 Å². The van der Waals surface area contributed by atoms with Crippen molar-refractivity contribution in [2.75, 3.05) is 29.9 Å². The summed E-state index contributed by atoms with van der Waals surface area (Å²) in [5.41, 5.74) is 1.79. The number of rotatable bonds is 7. The minimum Gasteiger partial charge on any atom is -0.506 e. The smallest absolute Gasteiger partial charge is 0.243 e. The monoisotopic (exact) mass is 445 g/mol. The fourth-order valence-electron chi connectivity index (χ4n) is 3.58. The molecule has 3 rings (SSSR count). The molecule has 1 aliphatic rings. The average molecular weight is 446 g/mol. The van der Waals surface area contributed by atoms with Gasteiger partial charge in [0.05, 0.1) is 16.5 Å².